The van der Waals surface area contributed by atoms with Gasteiger partial charge in [-0.25, -0.2) is 9.97 Å². The zero-order valence-electron chi connectivity index (χ0n) is 23.4. The van der Waals surface area contributed by atoms with Crippen LogP contribution in [0.15, 0.2) is 42.9 Å². The number of nitrogens with one attached hydrogen (secondary N) is 2. The average Bonchev–Trinajstić information content (AvgIpc) is 3.50. The van der Waals surface area contributed by atoms with Crippen LogP contribution in [0.3, 0.4) is 0 Å². The third kappa shape index (κ3) is 5.45. The number of carbonyl (C=O) groups excluding carboxylic acids is 1. The molecule has 0 unspecified atom stereocenters. The maximum atomic E-state index is 12.1. The molecule has 0 saturated carbocycles. The number of nitrogens with zero attached hydrogens (tertiary/aromatic N) is 5. The van der Waals surface area contributed by atoms with E-state index >= 15 is 0 Å². The standard InChI is InChI=1S/C29H26Cl3N7O4/c1-15(40)35-20-12-17(38-6-8-43-9-7-38)11-19(30)26(20)36-29-34-14-16-10-18(28-33-4-5-39(28)27(16)37-29)23-24(31)21(41-2)13-22(42-3)25(23)32/h4-5,10-14H,6-9H2,1-3H3,(H,35,40)(H,34,36,37). The van der Waals surface area contributed by atoms with E-state index in [1.54, 1.807) is 24.7 Å². The minimum absolute atomic E-state index is 0.239. The molecule has 1 saturated heterocycles. The van der Waals surface area contributed by atoms with Gasteiger partial charge in [-0.3, -0.25) is 9.20 Å². The molecule has 0 spiro atoms. The highest BCUT2D eigenvalue weighted by Crippen LogP contribution is 2.47. The number of ether oxygens (including phenoxy) is 3. The Hall–Kier alpha value is -4.03. The van der Waals surface area contributed by atoms with E-state index in [-0.39, 0.29) is 11.9 Å². The predicted octanol–water partition coefficient (Wildman–Crippen LogP) is 6.46. The van der Waals surface area contributed by atoms with Crippen LogP contribution in [0.1, 0.15) is 6.92 Å². The molecule has 0 aliphatic carbocycles. The summed E-state index contributed by atoms with van der Waals surface area (Å²) in [6.45, 7) is 4.12. The topological polar surface area (TPSA) is 115 Å². The normalized spacial score (nSPS) is 13.4. The van der Waals surface area contributed by atoms with Crippen molar-refractivity contribution in [3.05, 3.63) is 57.9 Å². The molecule has 43 heavy (non-hydrogen) atoms. The summed E-state index contributed by atoms with van der Waals surface area (Å²) in [6, 6.07) is 7.21. The number of fused-ring (bicyclic) bond motifs is 3. The highest BCUT2D eigenvalue weighted by molar-refractivity contribution is 6.41. The summed E-state index contributed by atoms with van der Waals surface area (Å²) in [5, 5.41) is 7.79. The summed E-state index contributed by atoms with van der Waals surface area (Å²) in [7, 11) is 3.04. The number of amides is 1. The molecule has 1 aliphatic rings. The lowest BCUT2D eigenvalue weighted by molar-refractivity contribution is -0.114. The highest BCUT2D eigenvalue weighted by atomic mass is 35.5. The van der Waals surface area contributed by atoms with Crippen molar-refractivity contribution in [1.29, 1.82) is 0 Å². The fraction of sp³-hybridized carbons (Fsp3) is 0.241. The summed E-state index contributed by atoms with van der Waals surface area (Å²) in [6.07, 6.45) is 5.10. The van der Waals surface area contributed by atoms with Gasteiger partial charge < -0.3 is 29.7 Å². The van der Waals surface area contributed by atoms with Crippen LogP contribution in [0.25, 0.3) is 27.8 Å². The summed E-state index contributed by atoms with van der Waals surface area (Å²) in [5.74, 6) is 0.842. The van der Waals surface area contributed by atoms with Gasteiger partial charge in [0.25, 0.3) is 0 Å². The Labute approximate surface area is 261 Å². The van der Waals surface area contributed by atoms with Gasteiger partial charge in [-0.2, -0.15) is 4.98 Å². The van der Waals surface area contributed by atoms with Gasteiger partial charge in [-0.05, 0) is 18.2 Å². The summed E-state index contributed by atoms with van der Waals surface area (Å²) >= 11 is 20.2. The Balaban J connectivity index is 1.44. The van der Waals surface area contributed by atoms with E-state index in [9.17, 15) is 4.79 Å². The number of halogens is 3. The van der Waals surface area contributed by atoms with E-state index in [0.29, 0.717) is 79.0 Å². The Kier molecular flexibility index (Phi) is 8.06. The van der Waals surface area contributed by atoms with Crippen molar-refractivity contribution in [2.24, 2.45) is 0 Å². The third-order valence-corrected chi connectivity index (χ3v) is 8.10. The molecule has 0 radical (unpaired) electrons. The van der Waals surface area contributed by atoms with E-state index in [4.69, 9.17) is 54.0 Å². The highest BCUT2D eigenvalue weighted by Gasteiger charge is 2.23. The fourth-order valence-electron chi connectivity index (χ4n) is 5.06. The predicted molar refractivity (Wildman–Crippen MR) is 169 cm³/mol. The fourth-order valence-corrected chi connectivity index (χ4v) is 6.03. The number of rotatable bonds is 7. The number of benzene rings is 2. The Morgan fingerprint density at radius 1 is 0.977 bits per heavy atom. The molecule has 0 bridgehead atoms. The first-order valence-electron chi connectivity index (χ1n) is 13.2. The molecular formula is C29H26Cl3N7O4. The van der Waals surface area contributed by atoms with Crippen molar-refractivity contribution in [2.45, 2.75) is 6.92 Å². The lowest BCUT2D eigenvalue weighted by Crippen LogP contribution is -2.36. The second kappa shape index (κ2) is 11.9. The number of morpholine rings is 1. The molecule has 4 heterocycles. The van der Waals surface area contributed by atoms with Gasteiger partial charge in [0.15, 0.2) is 5.65 Å². The molecular weight excluding hydrogens is 617 g/mol. The number of carbonyl (C=O) groups is 1. The smallest absolute Gasteiger partial charge is 0.229 e. The van der Waals surface area contributed by atoms with Crippen LogP contribution in [0.2, 0.25) is 15.1 Å². The van der Waals surface area contributed by atoms with E-state index in [1.807, 2.05) is 22.6 Å². The van der Waals surface area contributed by atoms with Crippen LogP contribution in [0.5, 0.6) is 11.5 Å². The minimum atomic E-state index is -0.239. The van der Waals surface area contributed by atoms with Gasteiger partial charge in [-0.15, -0.1) is 0 Å². The van der Waals surface area contributed by atoms with Crippen molar-refractivity contribution in [3.63, 3.8) is 0 Å². The van der Waals surface area contributed by atoms with Gasteiger partial charge >= 0.3 is 0 Å². The second-order valence-corrected chi connectivity index (χ2v) is 10.9. The molecule has 6 rings (SSSR count). The van der Waals surface area contributed by atoms with Gasteiger partial charge in [0.1, 0.15) is 17.1 Å². The van der Waals surface area contributed by atoms with Crippen LogP contribution in [-0.4, -0.2) is 65.8 Å². The second-order valence-electron chi connectivity index (χ2n) is 9.69. The largest absolute Gasteiger partial charge is 0.495 e. The summed E-state index contributed by atoms with van der Waals surface area (Å²) in [5.41, 5.74) is 4.12. The van der Waals surface area contributed by atoms with Crippen LogP contribution >= 0.6 is 34.8 Å². The Morgan fingerprint density at radius 2 is 1.70 bits per heavy atom. The third-order valence-electron chi connectivity index (χ3n) is 7.05. The molecule has 14 heteroatoms. The molecule has 0 atom stereocenters. The molecule has 5 aromatic rings. The van der Waals surface area contributed by atoms with Crippen molar-refractivity contribution < 1.29 is 19.0 Å². The maximum absolute atomic E-state index is 12.1. The van der Waals surface area contributed by atoms with Gasteiger partial charge in [-0.1, -0.05) is 34.8 Å². The lowest BCUT2D eigenvalue weighted by Gasteiger charge is -2.30. The van der Waals surface area contributed by atoms with E-state index in [1.165, 1.54) is 21.1 Å². The molecule has 2 N–H and O–H groups in total. The SMILES string of the molecule is COc1cc(OC)c(Cl)c(-c2cc3cnc(Nc4c(Cl)cc(N5CCOCC5)cc4NC(C)=O)nc3n3ccnc23)c1Cl. The first-order valence-corrected chi connectivity index (χ1v) is 14.4. The number of pyridine rings is 1. The van der Waals surface area contributed by atoms with Gasteiger partial charge in [0.2, 0.25) is 11.9 Å². The van der Waals surface area contributed by atoms with Crippen molar-refractivity contribution in [2.75, 3.05) is 56.1 Å². The lowest BCUT2D eigenvalue weighted by atomic mass is 10.0. The quantitative estimate of drug-likeness (QED) is 0.206. The Bertz CT molecular complexity index is 1850. The molecule has 1 fully saturated rings. The number of anilines is 4. The molecule has 1 aliphatic heterocycles. The zero-order chi connectivity index (χ0) is 30.2. The molecule has 3 aromatic heterocycles. The minimum Gasteiger partial charge on any atom is -0.495 e. The average molecular weight is 643 g/mol. The molecule has 222 valence electrons. The number of hydrogen-bond acceptors (Lipinski definition) is 9. The number of hydrogen-bond donors (Lipinski definition) is 2. The van der Waals surface area contributed by atoms with E-state index in [0.717, 1.165) is 18.8 Å². The van der Waals surface area contributed by atoms with E-state index < -0.39 is 0 Å². The van der Waals surface area contributed by atoms with E-state index in [2.05, 4.69) is 25.5 Å². The first-order chi connectivity index (χ1) is 20.8. The maximum Gasteiger partial charge on any atom is 0.229 e. The number of aromatic nitrogens is 4. The van der Waals surface area contributed by atoms with Crippen LogP contribution < -0.4 is 25.0 Å². The molecule has 1 amide bonds. The Morgan fingerprint density at radius 3 is 2.37 bits per heavy atom. The van der Waals surface area contributed by atoms with Crippen LogP contribution in [0.4, 0.5) is 23.0 Å². The van der Waals surface area contributed by atoms with Crippen LogP contribution in [0, 0.1) is 0 Å². The van der Waals surface area contributed by atoms with Crippen LogP contribution in [-0.2, 0) is 9.53 Å². The molecule has 2 aromatic carbocycles. The number of imidazole rings is 1. The monoisotopic (exact) mass is 641 g/mol. The van der Waals surface area contributed by atoms with Gasteiger partial charge in [0.05, 0.1) is 53.9 Å². The first kappa shape index (κ1) is 29.1. The zero-order valence-corrected chi connectivity index (χ0v) is 25.6. The number of methoxy groups -OCH3 is 2. The summed E-state index contributed by atoms with van der Waals surface area (Å²) in [4.78, 5) is 28.1. The van der Waals surface area contributed by atoms with Gasteiger partial charge in [0, 0.05) is 66.9 Å². The van der Waals surface area contributed by atoms with Crippen molar-refractivity contribution in [1.82, 2.24) is 19.4 Å². The summed E-state index contributed by atoms with van der Waals surface area (Å²) < 4.78 is 18.2. The molecule has 11 nitrogen and oxygen atoms in total. The van der Waals surface area contributed by atoms with Crippen molar-refractivity contribution in [3.8, 4) is 22.6 Å². The van der Waals surface area contributed by atoms with Crippen molar-refractivity contribution >= 4 is 80.4 Å².